The number of nitrogens with two attached hydrogens (primary N) is 1. The Morgan fingerprint density at radius 2 is 1.45 bits per heavy atom. The van der Waals surface area contributed by atoms with Gasteiger partial charge >= 0.3 is 51.4 Å². The van der Waals surface area contributed by atoms with Crippen LogP contribution in [0.3, 0.4) is 0 Å². The van der Waals surface area contributed by atoms with Crippen molar-refractivity contribution in [2.24, 2.45) is 0 Å². The quantitative estimate of drug-likeness (QED) is 0.232. The molecule has 4 aromatic rings. The number of aromatic hydroxyl groups is 1. The molecule has 1 atom stereocenters. The number of aryl methyl sites for hydroxylation is 1. The molecular weight excluding hydrogens is 456 g/mol. The van der Waals surface area contributed by atoms with Crippen LogP contribution in [0.1, 0.15) is 27.8 Å². The molecule has 160 valence electrons. The van der Waals surface area contributed by atoms with Gasteiger partial charge in [0.2, 0.25) is 0 Å². The van der Waals surface area contributed by atoms with E-state index in [1.54, 1.807) is 19.1 Å². The number of anilines is 1. The van der Waals surface area contributed by atoms with Crippen molar-refractivity contribution in [3.63, 3.8) is 0 Å². The molecule has 1 aliphatic carbocycles. The van der Waals surface area contributed by atoms with Crippen molar-refractivity contribution < 1.29 is 66.3 Å². The van der Waals surface area contributed by atoms with Crippen LogP contribution in [0, 0.1) is 6.92 Å². The molecule has 0 saturated carbocycles. The van der Waals surface area contributed by atoms with E-state index in [0.717, 1.165) is 38.7 Å². The molecule has 0 bridgehead atoms. The average Bonchev–Trinajstić information content (AvgIpc) is 3.08. The summed E-state index contributed by atoms with van der Waals surface area (Å²) in [5, 5.41) is 24.0. The largest absolute Gasteiger partial charge is 1.00 e. The third kappa shape index (κ3) is 3.54. The normalized spacial score (nSPS) is 13.1. The molecule has 6 heteroatoms. The Balaban J connectivity index is 0.00000259. The number of nitrogen functional groups attached to an aromatic ring is 1. The number of phenolic OH excluding ortho intramolecular Hbond substituents is 1. The summed E-state index contributed by atoms with van der Waals surface area (Å²) in [4.78, 5) is 0. The Bertz CT molecular complexity index is 1290. The molecule has 0 fully saturated rings. The van der Waals surface area contributed by atoms with Crippen LogP contribution >= 0.6 is 9.24 Å². The van der Waals surface area contributed by atoms with E-state index in [2.05, 4.69) is 33.5 Å². The number of methoxy groups -OCH3 is 1. The number of hydrogen-bond donors (Lipinski definition) is 2. The van der Waals surface area contributed by atoms with Crippen molar-refractivity contribution in [1.82, 2.24) is 0 Å². The molecule has 1 unspecified atom stereocenters. The minimum Gasteiger partial charge on any atom is -0.871 e. The van der Waals surface area contributed by atoms with E-state index in [1.807, 2.05) is 36.4 Å². The van der Waals surface area contributed by atoms with Crippen LogP contribution in [-0.4, -0.2) is 12.2 Å². The Labute approximate surface area is 238 Å². The molecule has 0 amide bonds. The number of phenols is 1. The van der Waals surface area contributed by atoms with Gasteiger partial charge in [-0.25, -0.2) is 0 Å². The van der Waals surface area contributed by atoms with Crippen molar-refractivity contribution in [2.75, 3.05) is 12.8 Å². The fraction of sp³-hybridized carbons (Fsp3) is 0.111. The zero-order valence-electron chi connectivity index (χ0n) is 18.8. The van der Waals surface area contributed by atoms with Crippen molar-refractivity contribution in [3.8, 4) is 28.4 Å². The van der Waals surface area contributed by atoms with Gasteiger partial charge in [0.1, 0.15) is 0 Å². The van der Waals surface area contributed by atoms with E-state index in [0.29, 0.717) is 11.3 Å². The van der Waals surface area contributed by atoms with E-state index >= 15 is 0 Å². The van der Waals surface area contributed by atoms with Gasteiger partial charge in [-0.2, -0.15) is 0 Å². The number of hydrogen-bond acceptors (Lipinski definition) is 4. The predicted molar refractivity (Wildman–Crippen MR) is 130 cm³/mol. The first-order valence-corrected chi connectivity index (χ1v) is 10.9. The molecule has 4 nitrogen and oxygen atoms in total. The smallest absolute Gasteiger partial charge is 0.871 e. The topological polar surface area (TPSA) is 78.5 Å². The van der Waals surface area contributed by atoms with Crippen molar-refractivity contribution in [1.29, 1.82) is 0 Å². The van der Waals surface area contributed by atoms with Crippen LogP contribution in [0.4, 0.5) is 5.69 Å². The van der Waals surface area contributed by atoms with Gasteiger partial charge in [0.15, 0.2) is 11.5 Å². The number of rotatable bonds is 3. The van der Waals surface area contributed by atoms with E-state index < -0.39 is 5.41 Å². The first kappa shape index (κ1) is 24.3. The van der Waals surface area contributed by atoms with Crippen LogP contribution in [0.2, 0.25) is 0 Å². The standard InChI is InChI=1S/C27H24NO3P.K/c1-15-11-16(12-22(28)25(15)30)27(17-13-23(29)26(31-2)24(32)14-17)20-9-5-3-7-18(20)19-8-4-6-10-21(19)27;/h3-14,29-30H,28,32H2,1-2H3;/q;+1/p-1. The van der Waals surface area contributed by atoms with Gasteiger partial charge in [0, 0.05) is 11.0 Å². The molecule has 0 spiro atoms. The van der Waals surface area contributed by atoms with Crippen molar-refractivity contribution in [3.05, 3.63) is 101 Å². The molecule has 3 N–H and O–H groups in total. The fourth-order valence-electron chi connectivity index (χ4n) is 5.12. The molecule has 5 rings (SSSR count). The van der Waals surface area contributed by atoms with Gasteiger partial charge in [0.05, 0.1) is 12.5 Å². The first-order valence-electron chi connectivity index (χ1n) is 10.3. The number of ether oxygens (including phenoxy) is 1. The second kappa shape index (κ2) is 9.07. The fourth-order valence-corrected chi connectivity index (χ4v) is 5.56. The number of fused-ring (bicyclic) bond motifs is 3. The van der Waals surface area contributed by atoms with Crippen LogP contribution in [-0.2, 0) is 5.41 Å². The molecule has 0 saturated heterocycles. The third-order valence-corrected chi connectivity index (χ3v) is 6.85. The summed E-state index contributed by atoms with van der Waals surface area (Å²) in [6.07, 6.45) is 0. The van der Waals surface area contributed by atoms with Crippen LogP contribution in [0.15, 0.2) is 72.8 Å². The van der Waals surface area contributed by atoms with Gasteiger partial charge in [-0.3, -0.25) is 0 Å². The summed E-state index contributed by atoms with van der Waals surface area (Å²) >= 11 is 0. The van der Waals surface area contributed by atoms with E-state index in [1.165, 1.54) is 7.11 Å². The van der Waals surface area contributed by atoms with Gasteiger partial charge in [-0.1, -0.05) is 65.9 Å². The average molecular weight is 480 g/mol. The Hall–Kier alpha value is -1.85. The van der Waals surface area contributed by atoms with Crippen molar-refractivity contribution in [2.45, 2.75) is 12.3 Å². The van der Waals surface area contributed by atoms with Gasteiger partial charge in [-0.15, -0.1) is 9.24 Å². The molecule has 0 aliphatic heterocycles. The minimum atomic E-state index is -0.755. The molecule has 0 radical (unpaired) electrons. The zero-order chi connectivity index (χ0) is 22.6. The van der Waals surface area contributed by atoms with Crippen LogP contribution < -0.4 is 72.3 Å². The monoisotopic (exact) mass is 479 g/mol. The maximum Gasteiger partial charge on any atom is 1.00 e. The summed E-state index contributed by atoms with van der Waals surface area (Å²) in [6.45, 7) is 1.79. The molecule has 4 aromatic carbocycles. The third-order valence-electron chi connectivity index (χ3n) is 6.42. The molecule has 0 heterocycles. The van der Waals surface area contributed by atoms with E-state index in [-0.39, 0.29) is 68.6 Å². The Kier molecular flexibility index (Phi) is 6.67. The van der Waals surface area contributed by atoms with Crippen molar-refractivity contribution >= 4 is 20.2 Å². The van der Waals surface area contributed by atoms with Gasteiger partial charge < -0.3 is 20.7 Å². The van der Waals surface area contributed by atoms with Crippen LogP contribution in [0.25, 0.3) is 11.1 Å². The second-order valence-electron chi connectivity index (χ2n) is 8.17. The zero-order valence-corrected chi connectivity index (χ0v) is 23.1. The number of benzene rings is 4. The van der Waals surface area contributed by atoms with E-state index in [4.69, 9.17) is 10.5 Å². The summed E-state index contributed by atoms with van der Waals surface area (Å²) < 4.78 is 5.39. The molecule has 33 heavy (non-hydrogen) atoms. The molecule has 0 aromatic heterocycles. The second-order valence-corrected chi connectivity index (χ2v) is 8.79. The van der Waals surface area contributed by atoms with E-state index in [9.17, 15) is 10.2 Å². The Morgan fingerprint density at radius 1 is 0.909 bits per heavy atom. The maximum absolute atomic E-state index is 12.5. The minimum absolute atomic E-state index is 0. The molecular formula is C27H23KNO3P. The van der Waals surface area contributed by atoms with Gasteiger partial charge in [0.25, 0.3) is 0 Å². The summed E-state index contributed by atoms with van der Waals surface area (Å²) in [5.74, 6) is 0.313. The predicted octanol–water partition coefficient (Wildman–Crippen LogP) is 1.23. The Morgan fingerprint density at radius 3 is 1.97 bits per heavy atom. The van der Waals surface area contributed by atoms with Gasteiger partial charge in [-0.05, 0) is 58.5 Å². The first-order chi connectivity index (χ1) is 15.4. The summed E-state index contributed by atoms with van der Waals surface area (Å²) in [5.41, 5.74) is 12.4. The molecule has 1 aliphatic rings. The SMILES string of the molecule is COc1c(O)cc(C2(c3cc(C)c([O-])c(N)c3)c3ccccc3-c3ccccc32)cc1P.[K+]. The summed E-state index contributed by atoms with van der Waals surface area (Å²) in [7, 11) is 4.19. The maximum atomic E-state index is 12.5. The van der Waals surface area contributed by atoms with Crippen LogP contribution in [0.5, 0.6) is 17.2 Å². The summed E-state index contributed by atoms with van der Waals surface area (Å²) in [6, 6.07) is 24.0.